The summed E-state index contributed by atoms with van der Waals surface area (Å²) in [6.07, 6.45) is 2.76. The fraction of sp³-hybridized carbons (Fsp3) is 0.156. The Hall–Kier alpha value is -4.93. The van der Waals surface area contributed by atoms with Crippen LogP contribution in [-0.2, 0) is 21.0 Å². The maximum Gasteiger partial charge on any atom is 0.322 e. The van der Waals surface area contributed by atoms with E-state index in [1.807, 2.05) is 37.3 Å². The predicted octanol–water partition coefficient (Wildman–Crippen LogP) is 5.04. The van der Waals surface area contributed by atoms with Gasteiger partial charge in [0, 0.05) is 40.4 Å². The number of nitrogens with zero attached hydrogens (tertiary/aromatic N) is 2. The summed E-state index contributed by atoms with van der Waals surface area (Å²) >= 11 is 13.1. The van der Waals surface area contributed by atoms with Crippen molar-refractivity contribution in [3.05, 3.63) is 105 Å². The molecule has 1 heterocycles. The Kier molecular flexibility index (Phi) is 10.5. The minimum atomic E-state index is -1.15. The summed E-state index contributed by atoms with van der Waals surface area (Å²) in [4.78, 5) is 53.7. The third kappa shape index (κ3) is 8.12. The van der Waals surface area contributed by atoms with Crippen LogP contribution < -0.4 is 20.3 Å². The zero-order valence-electron chi connectivity index (χ0n) is 23.8. The molecule has 0 unspecified atom stereocenters. The summed E-state index contributed by atoms with van der Waals surface area (Å²) in [6.45, 7) is 1.15. The minimum absolute atomic E-state index is 0.0395. The molecule has 0 aliphatic rings. The molecule has 4 rings (SSSR count). The number of nitrogens with one attached hydrogen (secondary N) is 2. The number of carbonyl (C=O) groups is 4. The molecule has 226 valence electrons. The number of pyridine rings is 1. The van der Waals surface area contributed by atoms with Crippen molar-refractivity contribution >= 4 is 69.6 Å². The van der Waals surface area contributed by atoms with E-state index < -0.39 is 30.2 Å². The predicted molar refractivity (Wildman–Crippen MR) is 169 cm³/mol. The first kappa shape index (κ1) is 32.0. The third-order valence-corrected chi connectivity index (χ3v) is 7.29. The van der Waals surface area contributed by atoms with E-state index in [9.17, 15) is 19.2 Å². The number of carboxylic acid groups (broad SMARTS) is 1. The van der Waals surface area contributed by atoms with Gasteiger partial charge >= 0.3 is 5.97 Å². The van der Waals surface area contributed by atoms with Crippen molar-refractivity contribution < 1.29 is 29.0 Å². The van der Waals surface area contributed by atoms with Crippen molar-refractivity contribution in [1.82, 2.24) is 15.6 Å². The van der Waals surface area contributed by atoms with Gasteiger partial charge in [-0.1, -0.05) is 53.5 Å². The van der Waals surface area contributed by atoms with E-state index in [0.29, 0.717) is 33.1 Å². The highest BCUT2D eigenvalue weighted by Gasteiger charge is 2.19. The van der Waals surface area contributed by atoms with Gasteiger partial charge in [0.15, 0.2) is 0 Å². The van der Waals surface area contributed by atoms with Gasteiger partial charge in [-0.15, -0.1) is 0 Å². The van der Waals surface area contributed by atoms with Crippen molar-refractivity contribution in [2.24, 2.45) is 0 Å². The summed E-state index contributed by atoms with van der Waals surface area (Å²) in [7, 11) is 1.54. The molecular formula is C32H28Cl2N4O6. The van der Waals surface area contributed by atoms with Gasteiger partial charge in [-0.05, 0) is 55.0 Å². The van der Waals surface area contributed by atoms with E-state index in [1.54, 1.807) is 24.3 Å². The highest BCUT2D eigenvalue weighted by molar-refractivity contribution is 6.38. The van der Waals surface area contributed by atoms with E-state index in [2.05, 4.69) is 15.6 Å². The molecule has 3 amide bonds. The number of ether oxygens (including phenoxy) is 1. The zero-order chi connectivity index (χ0) is 31.8. The molecular weight excluding hydrogens is 607 g/mol. The number of aliphatic carboxylic acids is 1. The summed E-state index contributed by atoms with van der Waals surface area (Å²) in [5.41, 5.74) is 3.35. The van der Waals surface area contributed by atoms with E-state index in [-0.39, 0.29) is 23.7 Å². The molecule has 0 spiro atoms. The lowest BCUT2D eigenvalue weighted by molar-refractivity contribution is -0.135. The number of rotatable bonds is 11. The number of fused-ring (bicyclic) bond motifs is 1. The summed E-state index contributed by atoms with van der Waals surface area (Å²) < 4.78 is 6.06. The third-order valence-electron chi connectivity index (χ3n) is 6.51. The van der Waals surface area contributed by atoms with Crippen LogP contribution >= 0.6 is 23.2 Å². The van der Waals surface area contributed by atoms with Crippen molar-refractivity contribution in [3.63, 3.8) is 0 Å². The number of hydrogen-bond donors (Lipinski definition) is 3. The highest BCUT2D eigenvalue weighted by Crippen LogP contribution is 2.35. The smallest absolute Gasteiger partial charge is 0.322 e. The van der Waals surface area contributed by atoms with Gasteiger partial charge in [-0.25, -0.2) is 4.98 Å². The molecule has 12 heteroatoms. The number of aromatic nitrogens is 1. The van der Waals surface area contributed by atoms with Crippen LogP contribution in [0, 0.1) is 6.92 Å². The first-order chi connectivity index (χ1) is 21.0. The molecule has 0 radical (unpaired) electrons. The fourth-order valence-corrected chi connectivity index (χ4v) is 4.72. The number of amides is 3. The highest BCUT2D eigenvalue weighted by atomic mass is 35.5. The summed E-state index contributed by atoms with van der Waals surface area (Å²) in [5, 5.41) is 15.0. The first-order valence-corrected chi connectivity index (χ1v) is 14.1. The van der Waals surface area contributed by atoms with E-state index >= 15 is 0 Å². The van der Waals surface area contributed by atoms with Crippen LogP contribution in [0.5, 0.6) is 5.75 Å². The molecule has 0 aliphatic carbocycles. The molecule has 1 aromatic heterocycles. The molecule has 0 saturated carbocycles. The Labute approximate surface area is 263 Å². The standard InChI is InChI=1S/C32H28Cl2N4O6/c1-19-6-10-21-4-3-5-26(31(21)37-19)44-18-23-24(33)13-14-25(30(23)34)38(2)28(40)16-35-27(39)15-9-20-7-11-22(12-8-20)32(43)36-17-29(41)42/h3-15H,16-18H2,1-2H3,(H,35,39)(H,36,43)(H,41,42). The molecule has 4 aromatic rings. The number of benzene rings is 3. The van der Waals surface area contributed by atoms with Crippen LogP contribution in [0.15, 0.2) is 72.8 Å². The van der Waals surface area contributed by atoms with Gasteiger partial charge in [-0.3, -0.25) is 19.2 Å². The van der Waals surface area contributed by atoms with Gasteiger partial charge < -0.3 is 25.4 Å². The molecule has 3 aromatic carbocycles. The summed E-state index contributed by atoms with van der Waals surface area (Å²) in [6, 6.07) is 18.9. The lowest BCUT2D eigenvalue weighted by Crippen LogP contribution is -2.37. The second-order valence-electron chi connectivity index (χ2n) is 9.63. The average molecular weight is 636 g/mol. The Morgan fingerprint density at radius 3 is 2.43 bits per heavy atom. The maximum absolute atomic E-state index is 12.9. The van der Waals surface area contributed by atoms with Crippen molar-refractivity contribution in [2.75, 3.05) is 25.0 Å². The first-order valence-electron chi connectivity index (χ1n) is 13.3. The molecule has 3 N–H and O–H groups in total. The number of halogens is 2. The summed E-state index contributed by atoms with van der Waals surface area (Å²) in [5.74, 6) is -2.04. The number of hydrogen-bond acceptors (Lipinski definition) is 6. The molecule has 0 saturated heterocycles. The quantitative estimate of drug-likeness (QED) is 0.197. The number of anilines is 1. The Balaban J connectivity index is 1.35. The molecule has 0 aliphatic heterocycles. The zero-order valence-corrected chi connectivity index (χ0v) is 25.3. The second kappa shape index (κ2) is 14.5. The Bertz CT molecular complexity index is 1760. The van der Waals surface area contributed by atoms with Gasteiger partial charge in [0.2, 0.25) is 11.8 Å². The molecule has 44 heavy (non-hydrogen) atoms. The molecule has 0 atom stereocenters. The number of aryl methyl sites for hydroxylation is 1. The molecule has 0 bridgehead atoms. The monoisotopic (exact) mass is 634 g/mol. The second-order valence-corrected chi connectivity index (χ2v) is 10.4. The number of likely N-dealkylation sites (N-methyl/N-ethyl adjacent to an activating group) is 1. The van der Waals surface area contributed by atoms with Crippen LogP contribution in [-0.4, -0.2) is 53.9 Å². The number of carbonyl (C=O) groups excluding carboxylic acids is 3. The van der Waals surface area contributed by atoms with E-state index in [4.69, 9.17) is 33.0 Å². The van der Waals surface area contributed by atoms with Crippen LogP contribution in [0.2, 0.25) is 10.0 Å². The number of carboxylic acids is 1. The molecule has 0 fully saturated rings. The van der Waals surface area contributed by atoms with Crippen LogP contribution in [0.4, 0.5) is 5.69 Å². The van der Waals surface area contributed by atoms with E-state index in [1.165, 1.54) is 36.2 Å². The van der Waals surface area contributed by atoms with Crippen LogP contribution in [0.3, 0.4) is 0 Å². The van der Waals surface area contributed by atoms with Gasteiger partial charge in [-0.2, -0.15) is 0 Å². The van der Waals surface area contributed by atoms with E-state index in [0.717, 1.165) is 11.1 Å². The topological polar surface area (TPSA) is 138 Å². The normalized spacial score (nSPS) is 10.9. The average Bonchev–Trinajstić information content (AvgIpc) is 3.01. The largest absolute Gasteiger partial charge is 0.487 e. The fourth-order valence-electron chi connectivity index (χ4n) is 4.11. The lowest BCUT2D eigenvalue weighted by atomic mass is 10.1. The van der Waals surface area contributed by atoms with Gasteiger partial charge in [0.05, 0.1) is 17.3 Å². The van der Waals surface area contributed by atoms with Gasteiger partial charge in [0.1, 0.15) is 24.4 Å². The van der Waals surface area contributed by atoms with Crippen LogP contribution in [0.1, 0.15) is 27.2 Å². The van der Waals surface area contributed by atoms with Crippen molar-refractivity contribution in [1.29, 1.82) is 0 Å². The van der Waals surface area contributed by atoms with Crippen molar-refractivity contribution in [3.8, 4) is 5.75 Å². The molecule has 10 nitrogen and oxygen atoms in total. The maximum atomic E-state index is 12.9. The minimum Gasteiger partial charge on any atom is -0.487 e. The van der Waals surface area contributed by atoms with Gasteiger partial charge in [0.25, 0.3) is 5.91 Å². The van der Waals surface area contributed by atoms with Crippen molar-refractivity contribution in [2.45, 2.75) is 13.5 Å². The number of para-hydroxylation sites is 1. The Morgan fingerprint density at radius 1 is 0.955 bits per heavy atom. The SMILES string of the molecule is Cc1ccc2cccc(OCc3c(Cl)ccc(N(C)C(=O)CNC(=O)C=Cc4ccc(C(=O)NCC(=O)O)cc4)c3Cl)c2n1. The lowest BCUT2D eigenvalue weighted by Gasteiger charge is -2.21. The van der Waals surface area contributed by atoms with Crippen LogP contribution in [0.25, 0.3) is 17.0 Å². The Morgan fingerprint density at radius 2 is 1.70 bits per heavy atom.